The normalized spacial score (nSPS) is 19.0. The first-order valence-corrected chi connectivity index (χ1v) is 9.89. The van der Waals surface area contributed by atoms with E-state index in [0.29, 0.717) is 30.1 Å². The molecule has 2 atom stereocenters. The third-order valence-electron chi connectivity index (χ3n) is 5.26. The second-order valence-electron chi connectivity index (χ2n) is 7.61. The molecule has 4 rings (SSSR count). The van der Waals surface area contributed by atoms with Crippen LogP contribution in [-0.4, -0.2) is 49.5 Å². The van der Waals surface area contributed by atoms with E-state index in [1.807, 2.05) is 18.7 Å². The lowest BCUT2D eigenvalue weighted by molar-refractivity contribution is -0.00536. The zero-order valence-corrected chi connectivity index (χ0v) is 17.8. The molecule has 2 aromatic heterocycles. The Morgan fingerprint density at radius 3 is 2.23 bits per heavy atom. The maximum absolute atomic E-state index is 15.2. The Morgan fingerprint density at radius 2 is 1.65 bits per heavy atom. The van der Waals surface area contributed by atoms with E-state index in [1.165, 1.54) is 20.3 Å². The summed E-state index contributed by atoms with van der Waals surface area (Å²) in [5.74, 6) is -1.10. The highest BCUT2D eigenvalue weighted by atomic mass is 19.1. The molecule has 0 saturated carbocycles. The highest BCUT2D eigenvalue weighted by molar-refractivity contribution is 5.96. The number of hydrogen-bond acceptors (Lipinski definition) is 7. The van der Waals surface area contributed by atoms with E-state index in [0.717, 1.165) is 5.39 Å². The van der Waals surface area contributed by atoms with Gasteiger partial charge < -0.3 is 24.8 Å². The van der Waals surface area contributed by atoms with Crippen LogP contribution < -0.4 is 20.1 Å². The maximum Gasteiger partial charge on any atom is 0.177 e. The fourth-order valence-corrected chi connectivity index (χ4v) is 3.98. The van der Waals surface area contributed by atoms with E-state index >= 15 is 8.78 Å². The molecule has 164 valence electrons. The minimum Gasteiger partial charge on any atom is -0.494 e. The molecule has 3 heterocycles. The van der Waals surface area contributed by atoms with Crippen molar-refractivity contribution in [2.75, 3.05) is 37.9 Å². The van der Waals surface area contributed by atoms with Crippen LogP contribution in [0.5, 0.6) is 11.5 Å². The SMILES string of the molecule is COc1cc(OC)c(F)c(-c2cc3cnc(N)cc3c(N3CC(C)OC(C)C3)n2)c1F. The number of ether oxygens (including phenoxy) is 3. The van der Waals surface area contributed by atoms with Crippen LogP contribution >= 0.6 is 0 Å². The van der Waals surface area contributed by atoms with Crippen LogP contribution in [-0.2, 0) is 4.74 Å². The van der Waals surface area contributed by atoms with E-state index in [4.69, 9.17) is 19.9 Å². The van der Waals surface area contributed by atoms with Gasteiger partial charge in [0.05, 0.1) is 37.7 Å². The lowest BCUT2D eigenvalue weighted by atomic mass is 10.0. The lowest BCUT2D eigenvalue weighted by Gasteiger charge is -2.36. The molecular formula is C22H24F2N4O3. The van der Waals surface area contributed by atoms with Gasteiger partial charge in [-0.25, -0.2) is 18.7 Å². The Labute approximate surface area is 178 Å². The molecule has 2 N–H and O–H groups in total. The summed E-state index contributed by atoms with van der Waals surface area (Å²) in [5, 5.41) is 1.40. The molecule has 1 aliphatic rings. The fraction of sp³-hybridized carbons (Fsp3) is 0.364. The molecule has 0 amide bonds. The van der Waals surface area contributed by atoms with Gasteiger partial charge in [0.25, 0.3) is 0 Å². The van der Waals surface area contributed by atoms with Crippen molar-refractivity contribution in [3.8, 4) is 22.8 Å². The average molecular weight is 430 g/mol. The second-order valence-corrected chi connectivity index (χ2v) is 7.61. The van der Waals surface area contributed by atoms with Crippen molar-refractivity contribution in [2.45, 2.75) is 26.1 Å². The number of nitrogens with zero attached hydrogens (tertiary/aromatic N) is 3. The van der Waals surface area contributed by atoms with Crippen molar-refractivity contribution in [1.29, 1.82) is 0 Å². The molecule has 1 aliphatic heterocycles. The molecule has 1 saturated heterocycles. The van der Waals surface area contributed by atoms with Gasteiger partial charge in [-0.05, 0) is 26.0 Å². The Hall–Kier alpha value is -3.20. The molecular weight excluding hydrogens is 406 g/mol. The van der Waals surface area contributed by atoms with E-state index in [9.17, 15) is 0 Å². The van der Waals surface area contributed by atoms with E-state index in [1.54, 1.807) is 18.3 Å². The number of morpholine rings is 1. The molecule has 3 aromatic rings. The van der Waals surface area contributed by atoms with Crippen molar-refractivity contribution < 1.29 is 23.0 Å². The molecule has 9 heteroatoms. The largest absolute Gasteiger partial charge is 0.494 e. The van der Waals surface area contributed by atoms with Crippen LogP contribution in [0.1, 0.15) is 13.8 Å². The number of anilines is 2. The van der Waals surface area contributed by atoms with Crippen molar-refractivity contribution in [3.05, 3.63) is 36.0 Å². The van der Waals surface area contributed by atoms with E-state index < -0.39 is 11.6 Å². The Bertz CT molecular complexity index is 1100. The van der Waals surface area contributed by atoms with Crippen LogP contribution in [0.2, 0.25) is 0 Å². The third kappa shape index (κ3) is 3.81. The highest BCUT2D eigenvalue weighted by Gasteiger charge is 2.28. The zero-order chi connectivity index (χ0) is 22.3. The predicted octanol–water partition coefficient (Wildman–Crippen LogP) is 3.79. The minimum absolute atomic E-state index is 0.0335. The van der Waals surface area contributed by atoms with Crippen molar-refractivity contribution in [2.24, 2.45) is 0 Å². The number of rotatable bonds is 4. The van der Waals surface area contributed by atoms with E-state index in [2.05, 4.69) is 9.97 Å². The van der Waals surface area contributed by atoms with Crippen molar-refractivity contribution in [1.82, 2.24) is 9.97 Å². The molecule has 2 unspecified atom stereocenters. The number of pyridine rings is 2. The third-order valence-corrected chi connectivity index (χ3v) is 5.26. The van der Waals surface area contributed by atoms with E-state index in [-0.39, 0.29) is 35.0 Å². The first kappa shape index (κ1) is 21.0. The number of nitrogen functional groups attached to an aromatic ring is 1. The number of benzene rings is 1. The summed E-state index contributed by atoms with van der Waals surface area (Å²) >= 11 is 0. The number of aromatic nitrogens is 2. The van der Waals surface area contributed by atoms with Crippen LogP contribution in [0.3, 0.4) is 0 Å². The molecule has 0 radical (unpaired) electrons. The van der Waals surface area contributed by atoms with Gasteiger partial charge in [0, 0.05) is 36.1 Å². The number of hydrogen-bond donors (Lipinski definition) is 1. The first-order chi connectivity index (χ1) is 14.8. The van der Waals surface area contributed by atoms with Gasteiger partial charge in [-0.3, -0.25) is 0 Å². The van der Waals surface area contributed by atoms with Crippen LogP contribution in [0, 0.1) is 11.6 Å². The van der Waals surface area contributed by atoms with Gasteiger partial charge in [0.15, 0.2) is 23.1 Å². The van der Waals surface area contributed by atoms with Crippen LogP contribution in [0.25, 0.3) is 22.0 Å². The summed E-state index contributed by atoms with van der Waals surface area (Å²) in [5.41, 5.74) is 5.69. The fourth-order valence-electron chi connectivity index (χ4n) is 3.98. The first-order valence-electron chi connectivity index (χ1n) is 9.89. The van der Waals surface area contributed by atoms with Gasteiger partial charge in [0.1, 0.15) is 11.6 Å². The number of nitrogens with two attached hydrogens (primary N) is 1. The summed E-state index contributed by atoms with van der Waals surface area (Å²) in [7, 11) is 2.62. The van der Waals surface area contributed by atoms with Gasteiger partial charge in [-0.1, -0.05) is 0 Å². The van der Waals surface area contributed by atoms with Gasteiger partial charge in [0.2, 0.25) is 0 Å². The molecule has 0 bridgehead atoms. The summed E-state index contributed by atoms with van der Waals surface area (Å²) in [6.07, 6.45) is 1.50. The summed E-state index contributed by atoms with van der Waals surface area (Å²) in [6.45, 7) is 5.09. The quantitative estimate of drug-likeness (QED) is 0.674. The predicted molar refractivity (Wildman–Crippen MR) is 115 cm³/mol. The van der Waals surface area contributed by atoms with Crippen molar-refractivity contribution >= 4 is 22.4 Å². The van der Waals surface area contributed by atoms with Gasteiger partial charge in [-0.15, -0.1) is 0 Å². The number of halogens is 2. The topological polar surface area (TPSA) is 82.7 Å². The Balaban J connectivity index is 1.98. The molecule has 0 spiro atoms. The van der Waals surface area contributed by atoms with Crippen LogP contribution in [0.4, 0.5) is 20.4 Å². The summed E-state index contributed by atoms with van der Waals surface area (Å²) < 4.78 is 46.3. The highest BCUT2D eigenvalue weighted by Crippen LogP contribution is 2.39. The zero-order valence-electron chi connectivity index (χ0n) is 17.8. The summed E-state index contributed by atoms with van der Waals surface area (Å²) in [6, 6.07) is 4.47. The molecule has 0 aliphatic carbocycles. The second kappa shape index (κ2) is 8.14. The molecule has 1 fully saturated rings. The number of methoxy groups -OCH3 is 2. The maximum atomic E-state index is 15.2. The average Bonchev–Trinajstić information content (AvgIpc) is 2.73. The van der Waals surface area contributed by atoms with Gasteiger partial charge in [-0.2, -0.15) is 0 Å². The smallest absolute Gasteiger partial charge is 0.177 e. The monoisotopic (exact) mass is 430 g/mol. The standard InChI is InChI=1S/C22H24F2N4O3/c1-11-9-28(10-12(2)31-11)22-14-6-18(25)26-8-13(14)5-15(27-22)19-20(23)16(29-3)7-17(30-4)21(19)24/h5-8,11-12H,9-10H2,1-4H3,(H2,25,26). The number of fused-ring (bicyclic) bond motifs is 1. The molecule has 31 heavy (non-hydrogen) atoms. The summed E-state index contributed by atoms with van der Waals surface area (Å²) in [4.78, 5) is 10.9. The lowest BCUT2D eigenvalue weighted by Crippen LogP contribution is -2.46. The van der Waals surface area contributed by atoms with Crippen molar-refractivity contribution in [3.63, 3.8) is 0 Å². The minimum atomic E-state index is -0.856. The molecule has 7 nitrogen and oxygen atoms in total. The molecule has 1 aromatic carbocycles. The Kier molecular flexibility index (Phi) is 5.53. The Morgan fingerprint density at radius 1 is 1.03 bits per heavy atom. The van der Waals surface area contributed by atoms with Crippen LogP contribution in [0.15, 0.2) is 24.4 Å². The van der Waals surface area contributed by atoms with Gasteiger partial charge >= 0.3 is 0 Å².